The van der Waals surface area contributed by atoms with Gasteiger partial charge >= 0.3 is 23.1 Å². The number of pyridine rings is 1. The number of H-pyrrole nitrogens is 1. The molecule has 0 saturated heterocycles. The van der Waals surface area contributed by atoms with Crippen molar-refractivity contribution in [3.05, 3.63) is 47.8 Å². The zero-order valence-electron chi connectivity index (χ0n) is 15.0. The summed E-state index contributed by atoms with van der Waals surface area (Å²) in [5.41, 5.74) is 3.35. The first-order valence-electron chi connectivity index (χ1n) is 8.08. The third-order valence-electron chi connectivity index (χ3n) is 3.86. The monoisotopic (exact) mass is 383 g/mol. The normalized spacial score (nSPS) is 11.9. The average molecular weight is 384 g/mol. The first kappa shape index (κ1) is 20.8. The second-order valence-corrected chi connectivity index (χ2v) is 6.99. The number of nitrogens with one attached hydrogen (secondary N) is 1. The summed E-state index contributed by atoms with van der Waals surface area (Å²) in [6.45, 7) is 3.17. The van der Waals surface area contributed by atoms with Crippen LogP contribution in [0.4, 0.5) is 0 Å². The van der Waals surface area contributed by atoms with Crippen molar-refractivity contribution in [2.75, 3.05) is 20.3 Å². The molecule has 132 valence electrons. The minimum absolute atomic E-state index is 0. The van der Waals surface area contributed by atoms with Crippen molar-refractivity contribution in [3.8, 4) is 5.75 Å². The van der Waals surface area contributed by atoms with Crippen molar-refractivity contribution < 1.29 is 13.7 Å². The van der Waals surface area contributed by atoms with E-state index < -0.39 is 10.8 Å². The Morgan fingerprint density at radius 1 is 1.19 bits per heavy atom. The smallest absolute Gasteiger partial charge is 0.493 e. The molecule has 0 aliphatic carbocycles. The molecule has 0 spiro atoms. The molecule has 1 N–H and O–H groups in total. The Kier molecular flexibility index (Phi) is 8.01. The maximum absolute atomic E-state index is 12.7. The van der Waals surface area contributed by atoms with Gasteiger partial charge in [-0.2, -0.15) is 0 Å². The number of hydrogen-bond donors (Lipinski definition) is 1. The second kappa shape index (κ2) is 10.0. The van der Waals surface area contributed by atoms with Crippen molar-refractivity contribution >= 4 is 44.9 Å². The molecule has 0 radical (unpaired) electrons. The Morgan fingerprint density at radius 3 is 2.77 bits per heavy atom. The van der Waals surface area contributed by atoms with Crippen LogP contribution in [0.1, 0.15) is 17.7 Å². The van der Waals surface area contributed by atoms with E-state index in [1.165, 1.54) is 0 Å². The molecule has 0 aliphatic rings. The number of hydrogen-bond acceptors (Lipinski definition) is 5. The minimum atomic E-state index is -1.30. The Bertz CT molecular complexity index is 852. The summed E-state index contributed by atoms with van der Waals surface area (Å²) in [4.78, 5) is 11.9. The molecule has 6 nitrogen and oxygen atoms in total. The van der Waals surface area contributed by atoms with Crippen molar-refractivity contribution in [1.82, 2.24) is 15.0 Å². The topological polar surface area (TPSA) is 77.1 Å². The van der Waals surface area contributed by atoms with Crippen LogP contribution in [-0.4, -0.2) is 62.5 Å². The second-order valence-electron chi connectivity index (χ2n) is 5.62. The van der Waals surface area contributed by atoms with E-state index in [9.17, 15) is 4.21 Å². The van der Waals surface area contributed by atoms with Gasteiger partial charge < -0.3 is 14.5 Å². The van der Waals surface area contributed by atoms with Crippen molar-refractivity contribution in [3.63, 3.8) is 0 Å². The van der Waals surface area contributed by atoms with Gasteiger partial charge in [0.2, 0.25) is 0 Å². The molecule has 0 amide bonds. The number of imidazole rings is 1. The maximum Gasteiger partial charge on any atom is 2.00 e. The van der Waals surface area contributed by atoms with E-state index in [4.69, 9.17) is 9.47 Å². The van der Waals surface area contributed by atoms with E-state index in [2.05, 4.69) is 15.0 Å². The van der Waals surface area contributed by atoms with Crippen molar-refractivity contribution in [2.45, 2.75) is 24.3 Å². The van der Waals surface area contributed by atoms with Crippen LogP contribution in [0, 0.1) is 6.92 Å². The van der Waals surface area contributed by atoms with Crippen molar-refractivity contribution in [1.29, 1.82) is 0 Å². The molecule has 1 unspecified atom stereocenters. The Labute approximate surface area is 171 Å². The van der Waals surface area contributed by atoms with Gasteiger partial charge in [0, 0.05) is 31.9 Å². The van der Waals surface area contributed by atoms with Crippen molar-refractivity contribution in [2.24, 2.45) is 0 Å². The van der Waals surface area contributed by atoms with E-state index in [1.54, 1.807) is 13.3 Å². The van der Waals surface area contributed by atoms with E-state index in [0.717, 1.165) is 34.5 Å². The predicted molar refractivity (Wildman–Crippen MR) is 103 cm³/mol. The van der Waals surface area contributed by atoms with Crippen LogP contribution >= 0.6 is 0 Å². The third-order valence-corrected chi connectivity index (χ3v) is 5.02. The Hall–Kier alpha value is -1.48. The van der Waals surface area contributed by atoms with Crippen LogP contribution in [0.2, 0.25) is 0 Å². The zero-order valence-corrected chi connectivity index (χ0v) is 17.3. The van der Waals surface area contributed by atoms with Gasteiger partial charge in [0.1, 0.15) is 5.75 Å². The fourth-order valence-electron chi connectivity index (χ4n) is 2.48. The quantitative estimate of drug-likeness (QED) is 0.478. The van der Waals surface area contributed by atoms with Crippen LogP contribution in [0.3, 0.4) is 0 Å². The van der Waals surface area contributed by atoms with E-state index in [0.29, 0.717) is 24.1 Å². The molecule has 0 fully saturated rings. The average Bonchev–Trinajstić information content (AvgIpc) is 3.06. The molecule has 1 aromatic carbocycles. The summed E-state index contributed by atoms with van der Waals surface area (Å²) in [7, 11) is 0.371. The first-order valence-corrected chi connectivity index (χ1v) is 9.40. The van der Waals surface area contributed by atoms with E-state index >= 15 is 0 Å². The van der Waals surface area contributed by atoms with E-state index in [-0.39, 0.29) is 23.1 Å². The number of rotatable bonds is 8. The summed E-state index contributed by atoms with van der Waals surface area (Å²) in [6, 6.07) is 9.47. The molecule has 1 atom stereocenters. The number of methoxy groups -OCH3 is 1. The summed E-state index contributed by atoms with van der Waals surface area (Å²) in [5, 5.41) is 0.466. The first-order chi connectivity index (χ1) is 12.2. The number of fused-ring (bicyclic) bond motifs is 1. The SMILES string of the molecule is COCCCOc1ccnc(CS(=O)c2nc3ccccc3[nH]2)c1C.[Mg+2]. The Morgan fingerprint density at radius 2 is 2.00 bits per heavy atom. The number of aromatic amines is 1. The molecular weight excluding hydrogens is 363 g/mol. The van der Waals surface area contributed by atoms with Crippen LogP contribution in [0.25, 0.3) is 11.0 Å². The molecule has 0 aliphatic heterocycles. The molecule has 2 heterocycles. The van der Waals surface area contributed by atoms with Gasteiger partial charge in [-0.3, -0.25) is 9.19 Å². The van der Waals surface area contributed by atoms with Crippen LogP contribution in [-0.2, 0) is 21.3 Å². The van der Waals surface area contributed by atoms with Gasteiger partial charge in [-0.1, -0.05) is 12.1 Å². The number of nitrogens with zero attached hydrogens (tertiary/aromatic N) is 2. The van der Waals surface area contributed by atoms with Gasteiger partial charge in [0.05, 0.1) is 39.9 Å². The van der Waals surface area contributed by atoms with Gasteiger partial charge in [-0.05, 0) is 25.1 Å². The summed E-state index contributed by atoms with van der Waals surface area (Å²) in [6.07, 6.45) is 2.50. The molecule has 26 heavy (non-hydrogen) atoms. The molecule has 0 bridgehead atoms. The third kappa shape index (κ3) is 5.03. The number of para-hydroxylation sites is 2. The summed E-state index contributed by atoms with van der Waals surface area (Å²) in [5.74, 6) is 1.06. The number of benzene rings is 1. The standard InChI is InChI=1S/C18H21N3O3S.Mg/c1-13-16(19-9-8-17(13)24-11-5-10-23-2)12-25(22)18-20-14-6-3-4-7-15(14)21-18;/h3-4,6-9H,5,10-12H2,1-2H3,(H,20,21);/q;+2. The fourth-order valence-corrected chi connectivity index (χ4v) is 3.58. The van der Waals surface area contributed by atoms with Gasteiger partial charge in [0.25, 0.3) is 0 Å². The van der Waals surface area contributed by atoms with Gasteiger partial charge in [0.15, 0.2) is 5.16 Å². The fraction of sp³-hybridized carbons (Fsp3) is 0.333. The van der Waals surface area contributed by atoms with Gasteiger partial charge in [-0.15, -0.1) is 0 Å². The molecule has 0 saturated carbocycles. The molecule has 8 heteroatoms. The van der Waals surface area contributed by atoms with Crippen LogP contribution in [0.5, 0.6) is 5.75 Å². The summed E-state index contributed by atoms with van der Waals surface area (Å²) < 4.78 is 23.5. The molecular formula is C18H21MgN3O3S+2. The predicted octanol–water partition coefficient (Wildman–Crippen LogP) is 2.61. The van der Waals surface area contributed by atoms with E-state index in [1.807, 2.05) is 37.3 Å². The molecule has 3 aromatic rings. The van der Waals surface area contributed by atoms with Crippen LogP contribution in [0.15, 0.2) is 41.7 Å². The molecule has 3 rings (SSSR count). The number of aromatic nitrogens is 3. The molecule has 2 aromatic heterocycles. The van der Waals surface area contributed by atoms with Gasteiger partial charge in [-0.25, -0.2) is 4.98 Å². The largest absolute Gasteiger partial charge is 2.00 e. The Balaban J connectivity index is 0.00000243. The summed E-state index contributed by atoms with van der Waals surface area (Å²) >= 11 is 0. The number of ether oxygens (including phenoxy) is 2. The maximum atomic E-state index is 12.7. The zero-order chi connectivity index (χ0) is 17.6. The minimum Gasteiger partial charge on any atom is -0.493 e. The van der Waals surface area contributed by atoms with Crippen LogP contribution < -0.4 is 4.74 Å².